The lowest BCUT2D eigenvalue weighted by Crippen LogP contribution is -2.52. The van der Waals surface area contributed by atoms with Crippen molar-refractivity contribution < 1.29 is 38.6 Å². The van der Waals surface area contributed by atoms with E-state index in [-0.39, 0.29) is 25.2 Å². The predicted octanol–water partition coefficient (Wildman–Crippen LogP) is 0.306. The van der Waals surface area contributed by atoms with Crippen molar-refractivity contribution in [3.05, 3.63) is 0 Å². The fourth-order valence-electron chi connectivity index (χ4n) is 2.95. The minimum absolute atomic E-state index is 0.0632. The number of primary amides is 1. The van der Waals surface area contributed by atoms with Gasteiger partial charge in [0, 0.05) is 19.4 Å². The molecule has 13 nitrogen and oxygen atoms in total. The number of alkyl carbamates (subject to hydrolysis) is 1. The Bertz CT molecular complexity index is 781. The minimum atomic E-state index is -1.21. The first-order chi connectivity index (χ1) is 16.7. The Labute approximate surface area is 211 Å². The third kappa shape index (κ3) is 15.5. The van der Waals surface area contributed by atoms with E-state index in [9.17, 15) is 33.9 Å². The van der Waals surface area contributed by atoms with Crippen LogP contribution >= 0.6 is 0 Å². The minimum Gasteiger partial charge on any atom is -0.480 e. The van der Waals surface area contributed by atoms with Gasteiger partial charge in [0.05, 0.1) is 0 Å². The van der Waals surface area contributed by atoms with Crippen LogP contribution in [0.15, 0.2) is 0 Å². The van der Waals surface area contributed by atoms with E-state index in [0.717, 1.165) is 6.42 Å². The van der Waals surface area contributed by atoms with Crippen LogP contribution in [0.5, 0.6) is 0 Å². The molecular weight excluding hydrogens is 474 g/mol. The van der Waals surface area contributed by atoms with Crippen LogP contribution in [0, 0.1) is 0 Å². The van der Waals surface area contributed by atoms with E-state index in [1.165, 1.54) is 6.92 Å². The zero-order valence-corrected chi connectivity index (χ0v) is 21.8. The Kier molecular flexibility index (Phi) is 14.8. The number of aliphatic carboxylic acids is 1. The second-order valence-electron chi connectivity index (χ2n) is 9.42. The number of nitrogens with one attached hydrogen (secondary N) is 4. The van der Waals surface area contributed by atoms with Crippen LogP contribution < -0.4 is 27.0 Å². The molecule has 0 spiro atoms. The molecule has 0 aliphatic heterocycles. The first-order valence-corrected chi connectivity index (χ1v) is 12.0. The molecule has 36 heavy (non-hydrogen) atoms. The van der Waals surface area contributed by atoms with E-state index in [1.807, 2.05) is 6.92 Å². The topological polar surface area (TPSA) is 206 Å². The standard InChI is InChI=1S/C23H41N5O8/c1-6-9-17(29)25-13-8-7-10-16(21(33)34)27-18(30)12-11-15(19(24)31)28-20(32)14(2)26-22(35)36-23(3,4)5/h14-16H,6-13H2,1-5H3,(H2,24,31)(H,25,29)(H,26,35)(H,27,30)(H,28,32)(H,33,34)/t14-,15+,16-/m0/s1. The highest BCUT2D eigenvalue weighted by Gasteiger charge is 2.26. The Morgan fingerprint density at radius 1 is 0.889 bits per heavy atom. The predicted molar refractivity (Wildman–Crippen MR) is 131 cm³/mol. The zero-order chi connectivity index (χ0) is 27.9. The molecule has 0 heterocycles. The van der Waals surface area contributed by atoms with Crippen LogP contribution in [0.25, 0.3) is 0 Å². The average Bonchev–Trinajstić information content (AvgIpc) is 2.73. The number of carbonyl (C=O) groups is 6. The number of carboxylic acids is 1. The summed E-state index contributed by atoms with van der Waals surface area (Å²) in [7, 11) is 0. The normalized spacial score (nSPS) is 13.5. The molecule has 13 heteroatoms. The van der Waals surface area contributed by atoms with Crippen molar-refractivity contribution in [3.8, 4) is 0 Å². The van der Waals surface area contributed by atoms with Gasteiger partial charge in [-0.2, -0.15) is 0 Å². The molecule has 0 radical (unpaired) electrons. The molecule has 0 saturated heterocycles. The summed E-state index contributed by atoms with van der Waals surface area (Å²) in [6.07, 6.45) is 1.10. The molecule has 0 aliphatic carbocycles. The molecule has 0 saturated carbocycles. The molecule has 0 fully saturated rings. The third-order valence-electron chi connectivity index (χ3n) is 4.80. The number of rotatable bonds is 16. The number of hydrogen-bond acceptors (Lipinski definition) is 7. The van der Waals surface area contributed by atoms with Gasteiger partial charge in [-0.3, -0.25) is 19.2 Å². The maximum Gasteiger partial charge on any atom is 0.408 e. The third-order valence-corrected chi connectivity index (χ3v) is 4.80. The van der Waals surface area contributed by atoms with E-state index < -0.39 is 53.5 Å². The van der Waals surface area contributed by atoms with E-state index >= 15 is 0 Å². The fraction of sp³-hybridized carbons (Fsp3) is 0.739. The summed E-state index contributed by atoms with van der Waals surface area (Å²) in [5.41, 5.74) is 4.56. The summed E-state index contributed by atoms with van der Waals surface area (Å²) in [6, 6.07) is -3.39. The monoisotopic (exact) mass is 515 g/mol. The van der Waals surface area contributed by atoms with Crippen molar-refractivity contribution in [3.63, 3.8) is 0 Å². The Morgan fingerprint density at radius 2 is 1.53 bits per heavy atom. The molecule has 0 rings (SSSR count). The Balaban J connectivity index is 4.62. The second kappa shape index (κ2) is 16.3. The van der Waals surface area contributed by atoms with Crippen molar-refractivity contribution in [1.82, 2.24) is 21.3 Å². The quantitative estimate of drug-likeness (QED) is 0.157. The molecule has 0 bridgehead atoms. The molecule has 0 aromatic carbocycles. The molecule has 7 N–H and O–H groups in total. The van der Waals surface area contributed by atoms with Crippen molar-refractivity contribution in [2.24, 2.45) is 5.73 Å². The van der Waals surface area contributed by atoms with E-state index in [4.69, 9.17) is 10.5 Å². The first-order valence-electron chi connectivity index (χ1n) is 12.0. The second-order valence-corrected chi connectivity index (χ2v) is 9.42. The Morgan fingerprint density at radius 3 is 2.06 bits per heavy atom. The van der Waals surface area contributed by atoms with E-state index in [1.54, 1.807) is 20.8 Å². The number of carboxylic acid groups (broad SMARTS) is 1. The van der Waals surface area contributed by atoms with Crippen LogP contribution in [0.4, 0.5) is 4.79 Å². The maximum absolute atomic E-state index is 12.3. The average molecular weight is 516 g/mol. The summed E-state index contributed by atoms with van der Waals surface area (Å²) in [5, 5.41) is 19.2. The fourth-order valence-corrected chi connectivity index (χ4v) is 2.95. The van der Waals surface area contributed by atoms with Gasteiger partial charge in [-0.05, 0) is 59.8 Å². The van der Waals surface area contributed by atoms with Gasteiger partial charge in [0.25, 0.3) is 0 Å². The molecular formula is C23H41N5O8. The van der Waals surface area contributed by atoms with Crippen LogP contribution in [0.2, 0.25) is 0 Å². The van der Waals surface area contributed by atoms with Gasteiger partial charge in [0.2, 0.25) is 23.6 Å². The van der Waals surface area contributed by atoms with Crippen molar-refractivity contribution in [2.75, 3.05) is 6.54 Å². The summed E-state index contributed by atoms with van der Waals surface area (Å²) < 4.78 is 5.07. The lowest BCUT2D eigenvalue weighted by molar-refractivity contribution is -0.142. The Hall–Kier alpha value is -3.38. The number of hydrogen-bond donors (Lipinski definition) is 6. The van der Waals surface area contributed by atoms with Crippen LogP contribution in [0.1, 0.15) is 79.6 Å². The summed E-state index contributed by atoms with van der Waals surface area (Å²) in [6.45, 7) is 8.68. The van der Waals surface area contributed by atoms with Gasteiger partial charge in [0.1, 0.15) is 23.7 Å². The van der Waals surface area contributed by atoms with Crippen LogP contribution in [-0.2, 0) is 28.7 Å². The van der Waals surface area contributed by atoms with Crippen molar-refractivity contribution in [2.45, 2.75) is 103 Å². The summed E-state index contributed by atoms with van der Waals surface area (Å²) >= 11 is 0. The number of carbonyl (C=O) groups excluding carboxylic acids is 5. The smallest absolute Gasteiger partial charge is 0.408 e. The number of unbranched alkanes of at least 4 members (excludes halogenated alkanes) is 1. The summed E-state index contributed by atoms with van der Waals surface area (Å²) in [5.74, 6) is -3.49. The van der Waals surface area contributed by atoms with Gasteiger partial charge in [-0.25, -0.2) is 9.59 Å². The molecule has 0 aromatic heterocycles. The molecule has 5 amide bonds. The molecule has 0 unspecified atom stereocenters. The highest BCUT2D eigenvalue weighted by molar-refractivity contribution is 5.91. The first kappa shape index (κ1) is 32.6. The number of ether oxygens (including phenoxy) is 1. The molecule has 0 aromatic rings. The van der Waals surface area contributed by atoms with Crippen LogP contribution in [-0.4, -0.2) is 71.1 Å². The lowest BCUT2D eigenvalue weighted by atomic mass is 10.1. The van der Waals surface area contributed by atoms with Gasteiger partial charge in [-0.1, -0.05) is 6.92 Å². The zero-order valence-electron chi connectivity index (χ0n) is 21.8. The summed E-state index contributed by atoms with van der Waals surface area (Å²) in [4.78, 5) is 71.0. The lowest BCUT2D eigenvalue weighted by Gasteiger charge is -2.23. The van der Waals surface area contributed by atoms with Crippen molar-refractivity contribution in [1.29, 1.82) is 0 Å². The van der Waals surface area contributed by atoms with E-state index in [2.05, 4.69) is 21.3 Å². The van der Waals surface area contributed by atoms with Gasteiger partial charge < -0.3 is 36.8 Å². The highest BCUT2D eigenvalue weighted by atomic mass is 16.6. The van der Waals surface area contributed by atoms with Crippen LogP contribution in [0.3, 0.4) is 0 Å². The highest BCUT2D eigenvalue weighted by Crippen LogP contribution is 2.07. The molecule has 3 atom stereocenters. The molecule has 0 aliphatic rings. The van der Waals surface area contributed by atoms with Gasteiger partial charge in [-0.15, -0.1) is 0 Å². The number of nitrogens with two attached hydrogens (primary N) is 1. The largest absolute Gasteiger partial charge is 0.480 e. The SMILES string of the molecule is CCCC(=O)NCCCC[C@H](NC(=O)CC[C@@H](NC(=O)[C@H](C)NC(=O)OC(C)(C)C)C(N)=O)C(=O)O. The maximum atomic E-state index is 12.3. The van der Waals surface area contributed by atoms with Crippen molar-refractivity contribution >= 4 is 35.7 Å². The number of amides is 5. The van der Waals surface area contributed by atoms with Gasteiger partial charge in [0.15, 0.2) is 0 Å². The van der Waals surface area contributed by atoms with Gasteiger partial charge >= 0.3 is 12.1 Å². The molecule has 206 valence electrons. The van der Waals surface area contributed by atoms with E-state index in [0.29, 0.717) is 25.8 Å².